The molecular formula is C13H18N4O. The van der Waals surface area contributed by atoms with Crippen LogP contribution in [0.5, 0.6) is 11.6 Å². The van der Waals surface area contributed by atoms with Crippen molar-refractivity contribution in [2.45, 2.75) is 32.9 Å². The first-order valence-corrected chi connectivity index (χ1v) is 6.00. The van der Waals surface area contributed by atoms with Crippen molar-refractivity contribution in [3.8, 4) is 11.6 Å². The van der Waals surface area contributed by atoms with E-state index < -0.39 is 0 Å². The number of rotatable bonds is 4. The molecule has 0 aliphatic heterocycles. The summed E-state index contributed by atoms with van der Waals surface area (Å²) >= 11 is 0. The minimum atomic E-state index is -0.0183. The van der Waals surface area contributed by atoms with Gasteiger partial charge < -0.3 is 10.5 Å². The van der Waals surface area contributed by atoms with Crippen molar-refractivity contribution < 1.29 is 4.74 Å². The molecule has 0 amide bonds. The highest BCUT2D eigenvalue weighted by Crippen LogP contribution is 2.20. The van der Waals surface area contributed by atoms with Crippen molar-refractivity contribution in [1.82, 2.24) is 14.8 Å². The molecule has 0 unspecified atom stereocenters. The Bertz CT molecular complexity index is 502. The minimum Gasteiger partial charge on any atom is -0.436 e. The molecule has 2 N–H and O–H groups in total. The highest BCUT2D eigenvalue weighted by molar-refractivity contribution is 5.25. The van der Waals surface area contributed by atoms with Crippen LogP contribution in [0, 0.1) is 0 Å². The smallest absolute Gasteiger partial charge is 0.219 e. The quantitative estimate of drug-likeness (QED) is 0.900. The Hall–Kier alpha value is -1.88. The number of hydrogen-bond acceptors (Lipinski definition) is 4. The van der Waals surface area contributed by atoms with Gasteiger partial charge in [0.2, 0.25) is 5.88 Å². The van der Waals surface area contributed by atoms with Crippen LogP contribution in [0.4, 0.5) is 0 Å². The number of pyridine rings is 1. The van der Waals surface area contributed by atoms with Crippen molar-refractivity contribution in [3.05, 3.63) is 36.3 Å². The molecule has 1 atom stereocenters. The van der Waals surface area contributed by atoms with E-state index in [0.717, 1.165) is 5.56 Å². The van der Waals surface area contributed by atoms with Gasteiger partial charge in [0.1, 0.15) is 0 Å². The zero-order valence-corrected chi connectivity index (χ0v) is 10.9. The predicted molar refractivity (Wildman–Crippen MR) is 69.5 cm³/mol. The Labute approximate surface area is 107 Å². The lowest BCUT2D eigenvalue weighted by atomic mass is 10.2. The minimum absolute atomic E-state index is 0.0183. The second kappa shape index (κ2) is 5.18. The Morgan fingerprint density at radius 1 is 1.22 bits per heavy atom. The molecule has 2 rings (SSSR count). The average molecular weight is 246 g/mol. The Morgan fingerprint density at radius 2 is 2.00 bits per heavy atom. The van der Waals surface area contributed by atoms with Crippen LogP contribution in [0.25, 0.3) is 0 Å². The standard InChI is InChI=1S/C13H18N4O/c1-9(2)17-8-12(7-16-17)18-13-5-4-11(6-15-13)10(3)14/h4-10H,14H2,1-3H3/t10-/m1/s1. The molecule has 0 spiro atoms. The number of aromatic nitrogens is 3. The van der Waals surface area contributed by atoms with E-state index >= 15 is 0 Å². The van der Waals surface area contributed by atoms with E-state index in [0.29, 0.717) is 17.7 Å². The van der Waals surface area contributed by atoms with Gasteiger partial charge in [-0.3, -0.25) is 4.68 Å². The van der Waals surface area contributed by atoms with Crippen LogP contribution >= 0.6 is 0 Å². The van der Waals surface area contributed by atoms with Crippen LogP contribution < -0.4 is 10.5 Å². The fourth-order valence-corrected chi connectivity index (χ4v) is 1.50. The summed E-state index contributed by atoms with van der Waals surface area (Å²) in [5.74, 6) is 1.23. The molecular weight excluding hydrogens is 228 g/mol. The maximum atomic E-state index is 5.76. The van der Waals surface area contributed by atoms with Crippen LogP contribution in [0.2, 0.25) is 0 Å². The molecule has 0 aromatic carbocycles. The highest BCUT2D eigenvalue weighted by atomic mass is 16.5. The van der Waals surface area contributed by atoms with Crippen molar-refractivity contribution in [1.29, 1.82) is 0 Å². The Morgan fingerprint density at radius 3 is 2.50 bits per heavy atom. The Balaban J connectivity index is 2.08. The van der Waals surface area contributed by atoms with E-state index in [9.17, 15) is 0 Å². The zero-order chi connectivity index (χ0) is 13.1. The van der Waals surface area contributed by atoms with Gasteiger partial charge in [-0.2, -0.15) is 5.10 Å². The van der Waals surface area contributed by atoms with Crippen molar-refractivity contribution in [2.24, 2.45) is 5.73 Å². The molecule has 0 fully saturated rings. The van der Waals surface area contributed by atoms with Gasteiger partial charge in [-0.25, -0.2) is 4.98 Å². The van der Waals surface area contributed by atoms with Gasteiger partial charge >= 0.3 is 0 Å². The number of nitrogens with two attached hydrogens (primary N) is 1. The van der Waals surface area contributed by atoms with Gasteiger partial charge in [0.25, 0.3) is 0 Å². The van der Waals surface area contributed by atoms with E-state index in [1.807, 2.05) is 29.9 Å². The van der Waals surface area contributed by atoms with Crippen molar-refractivity contribution in [2.75, 3.05) is 0 Å². The molecule has 0 saturated carbocycles. The lowest BCUT2D eigenvalue weighted by Gasteiger charge is -2.06. The van der Waals surface area contributed by atoms with Gasteiger partial charge in [0.05, 0.1) is 12.4 Å². The molecule has 0 radical (unpaired) electrons. The summed E-state index contributed by atoms with van der Waals surface area (Å²) in [7, 11) is 0. The SMILES string of the molecule is CC(C)n1cc(Oc2ccc([C@@H](C)N)cn2)cn1. The van der Waals surface area contributed by atoms with Gasteiger partial charge in [-0.15, -0.1) is 0 Å². The molecule has 96 valence electrons. The first-order chi connectivity index (χ1) is 8.56. The van der Waals surface area contributed by atoms with Crippen molar-refractivity contribution >= 4 is 0 Å². The Kier molecular flexibility index (Phi) is 3.62. The molecule has 18 heavy (non-hydrogen) atoms. The fraction of sp³-hybridized carbons (Fsp3) is 0.385. The topological polar surface area (TPSA) is 66.0 Å². The fourth-order valence-electron chi connectivity index (χ4n) is 1.50. The normalized spacial score (nSPS) is 12.7. The van der Waals surface area contributed by atoms with Crippen molar-refractivity contribution in [3.63, 3.8) is 0 Å². The third kappa shape index (κ3) is 2.87. The second-order valence-electron chi connectivity index (χ2n) is 4.57. The average Bonchev–Trinajstić information content (AvgIpc) is 2.78. The summed E-state index contributed by atoms with van der Waals surface area (Å²) in [6.07, 6.45) is 5.26. The molecule has 0 aliphatic rings. The van der Waals surface area contributed by atoms with E-state index in [2.05, 4.69) is 23.9 Å². The van der Waals surface area contributed by atoms with Crippen LogP contribution in [-0.2, 0) is 0 Å². The number of ether oxygens (including phenoxy) is 1. The third-order valence-corrected chi connectivity index (χ3v) is 2.61. The largest absolute Gasteiger partial charge is 0.436 e. The highest BCUT2D eigenvalue weighted by Gasteiger charge is 2.05. The number of nitrogens with zero attached hydrogens (tertiary/aromatic N) is 3. The summed E-state index contributed by atoms with van der Waals surface area (Å²) in [5.41, 5.74) is 6.75. The number of hydrogen-bond donors (Lipinski definition) is 1. The van der Waals surface area contributed by atoms with Gasteiger partial charge in [-0.05, 0) is 26.3 Å². The first kappa shape index (κ1) is 12.6. The van der Waals surface area contributed by atoms with Gasteiger partial charge in [0.15, 0.2) is 5.75 Å². The molecule has 2 aromatic rings. The van der Waals surface area contributed by atoms with Crippen LogP contribution in [0.15, 0.2) is 30.7 Å². The van der Waals surface area contributed by atoms with E-state index in [4.69, 9.17) is 10.5 Å². The molecule has 0 aliphatic carbocycles. The van der Waals surface area contributed by atoms with Crippen LogP contribution in [0.3, 0.4) is 0 Å². The summed E-state index contributed by atoms with van der Waals surface area (Å²) in [6, 6.07) is 4.02. The third-order valence-electron chi connectivity index (χ3n) is 2.61. The summed E-state index contributed by atoms with van der Waals surface area (Å²) < 4.78 is 7.45. The lowest BCUT2D eigenvalue weighted by Crippen LogP contribution is -2.05. The zero-order valence-electron chi connectivity index (χ0n) is 10.9. The summed E-state index contributed by atoms with van der Waals surface area (Å²) in [6.45, 7) is 6.04. The summed E-state index contributed by atoms with van der Waals surface area (Å²) in [4.78, 5) is 4.21. The van der Waals surface area contributed by atoms with Gasteiger partial charge in [0, 0.05) is 24.3 Å². The lowest BCUT2D eigenvalue weighted by molar-refractivity contribution is 0.458. The van der Waals surface area contributed by atoms with Gasteiger partial charge in [-0.1, -0.05) is 6.07 Å². The molecule has 5 heteroatoms. The molecule has 2 aromatic heterocycles. The predicted octanol–water partition coefficient (Wildman–Crippen LogP) is 2.67. The van der Waals surface area contributed by atoms with Crippen LogP contribution in [0.1, 0.15) is 38.4 Å². The summed E-state index contributed by atoms with van der Waals surface area (Å²) in [5, 5.41) is 4.20. The monoisotopic (exact) mass is 246 g/mol. The molecule has 2 heterocycles. The van der Waals surface area contributed by atoms with E-state index in [1.165, 1.54) is 0 Å². The van der Waals surface area contributed by atoms with Crippen LogP contribution in [-0.4, -0.2) is 14.8 Å². The molecule has 0 bridgehead atoms. The second-order valence-corrected chi connectivity index (χ2v) is 4.57. The maximum Gasteiger partial charge on any atom is 0.219 e. The molecule has 5 nitrogen and oxygen atoms in total. The first-order valence-electron chi connectivity index (χ1n) is 6.00. The molecule has 0 saturated heterocycles. The maximum absolute atomic E-state index is 5.76. The van der Waals surface area contributed by atoms with E-state index in [1.54, 1.807) is 12.4 Å². The van der Waals surface area contributed by atoms with E-state index in [-0.39, 0.29) is 6.04 Å².